The van der Waals surface area contributed by atoms with Crippen molar-refractivity contribution in [2.45, 2.75) is 13.8 Å². The molecule has 0 atom stereocenters. The van der Waals surface area contributed by atoms with Crippen LogP contribution in [0.25, 0.3) is 0 Å². The van der Waals surface area contributed by atoms with E-state index >= 15 is 0 Å². The van der Waals surface area contributed by atoms with Crippen molar-refractivity contribution >= 4 is 23.2 Å². The van der Waals surface area contributed by atoms with Crippen LogP contribution in [0.4, 0.5) is 5.69 Å². The zero-order chi connectivity index (χ0) is 14.9. The summed E-state index contributed by atoms with van der Waals surface area (Å²) in [6, 6.07) is 7.43. The predicted molar refractivity (Wildman–Crippen MR) is 78.7 cm³/mol. The summed E-state index contributed by atoms with van der Waals surface area (Å²) in [7, 11) is 0. The largest absolute Gasteiger partial charge is 0.508 e. The summed E-state index contributed by atoms with van der Waals surface area (Å²) in [6.07, 6.45) is 0. The van der Waals surface area contributed by atoms with Crippen LogP contribution in [0.1, 0.15) is 21.5 Å². The molecule has 0 aliphatic rings. The first-order valence-corrected chi connectivity index (χ1v) is 6.36. The number of carbonyl (C=O) groups is 1. The lowest BCUT2D eigenvalue weighted by atomic mass is 10.1. The first-order valence-electron chi connectivity index (χ1n) is 5.98. The number of nitrogens with one attached hydrogen (secondary N) is 1. The first-order chi connectivity index (χ1) is 9.38. The SMILES string of the molecule is Cc1cc(NC(=O)c2cc(O)ccc2Cl)c(C)cc1O. The van der Waals surface area contributed by atoms with Crippen LogP contribution in [0.3, 0.4) is 0 Å². The Morgan fingerprint density at radius 1 is 1.10 bits per heavy atom. The van der Waals surface area contributed by atoms with E-state index in [1.807, 2.05) is 0 Å². The molecular weight excluding hydrogens is 278 g/mol. The number of phenolic OH excluding ortho intramolecular Hbond substituents is 2. The van der Waals surface area contributed by atoms with E-state index in [0.29, 0.717) is 11.3 Å². The fourth-order valence-electron chi connectivity index (χ4n) is 1.81. The van der Waals surface area contributed by atoms with E-state index in [-0.39, 0.29) is 22.1 Å². The molecule has 4 nitrogen and oxygen atoms in total. The van der Waals surface area contributed by atoms with Crippen LogP contribution in [0, 0.1) is 13.8 Å². The lowest BCUT2D eigenvalue weighted by molar-refractivity contribution is 0.102. The molecule has 104 valence electrons. The van der Waals surface area contributed by atoms with Gasteiger partial charge in [0.1, 0.15) is 11.5 Å². The van der Waals surface area contributed by atoms with Gasteiger partial charge < -0.3 is 15.5 Å². The van der Waals surface area contributed by atoms with Gasteiger partial charge in [-0.2, -0.15) is 0 Å². The highest BCUT2D eigenvalue weighted by molar-refractivity contribution is 6.34. The lowest BCUT2D eigenvalue weighted by Crippen LogP contribution is -2.13. The number of benzene rings is 2. The Bertz CT molecular complexity index is 683. The monoisotopic (exact) mass is 291 g/mol. The summed E-state index contributed by atoms with van der Waals surface area (Å²) < 4.78 is 0. The van der Waals surface area contributed by atoms with E-state index in [1.165, 1.54) is 18.2 Å². The smallest absolute Gasteiger partial charge is 0.257 e. The Labute approximate surface area is 121 Å². The molecule has 2 aromatic rings. The fraction of sp³-hybridized carbons (Fsp3) is 0.133. The number of aryl methyl sites for hydroxylation is 2. The van der Waals surface area contributed by atoms with Crippen molar-refractivity contribution in [3.63, 3.8) is 0 Å². The minimum atomic E-state index is -0.418. The molecule has 0 fully saturated rings. The molecule has 5 heteroatoms. The highest BCUT2D eigenvalue weighted by Gasteiger charge is 2.13. The van der Waals surface area contributed by atoms with E-state index in [1.54, 1.807) is 26.0 Å². The van der Waals surface area contributed by atoms with Crippen molar-refractivity contribution in [1.82, 2.24) is 0 Å². The average molecular weight is 292 g/mol. The molecule has 0 unspecified atom stereocenters. The number of rotatable bonds is 2. The molecule has 20 heavy (non-hydrogen) atoms. The number of hydrogen-bond acceptors (Lipinski definition) is 3. The first kappa shape index (κ1) is 14.2. The maximum atomic E-state index is 12.2. The molecule has 2 rings (SSSR count). The number of anilines is 1. The van der Waals surface area contributed by atoms with Crippen molar-refractivity contribution in [2.24, 2.45) is 0 Å². The van der Waals surface area contributed by atoms with Gasteiger partial charge in [-0.3, -0.25) is 4.79 Å². The molecule has 0 bridgehead atoms. The van der Waals surface area contributed by atoms with Crippen LogP contribution in [0.15, 0.2) is 30.3 Å². The third-order valence-electron chi connectivity index (χ3n) is 2.99. The van der Waals surface area contributed by atoms with Crippen LogP contribution < -0.4 is 5.32 Å². The van der Waals surface area contributed by atoms with Gasteiger partial charge in [0, 0.05) is 5.69 Å². The normalized spacial score (nSPS) is 10.3. The van der Waals surface area contributed by atoms with E-state index in [9.17, 15) is 15.0 Å². The Balaban J connectivity index is 2.32. The molecule has 0 radical (unpaired) electrons. The minimum Gasteiger partial charge on any atom is -0.508 e. The van der Waals surface area contributed by atoms with Crippen LogP contribution in [-0.2, 0) is 0 Å². The Morgan fingerprint density at radius 3 is 2.50 bits per heavy atom. The van der Waals surface area contributed by atoms with Crippen molar-refractivity contribution < 1.29 is 15.0 Å². The second-order valence-electron chi connectivity index (χ2n) is 4.57. The maximum Gasteiger partial charge on any atom is 0.257 e. The van der Waals surface area contributed by atoms with Crippen molar-refractivity contribution in [3.8, 4) is 11.5 Å². The van der Waals surface area contributed by atoms with Gasteiger partial charge in [-0.25, -0.2) is 0 Å². The Hall–Kier alpha value is -2.20. The molecule has 0 aromatic heterocycles. The third-order valence-corrected chi connectivity index (χ3v) is 3.32. The van der Waals surface area contributed by atoms with Crippen LogP contribution in [-0.4, -0.2) is 16.1 Å². The van der Waals surface area contributed by atoms with E-state index in [2.05, 4.69) is 5.32 Å². The summed E-state index contributed by atoms with van der Waals surface area (Å²) >= 11 is 5.94. The minimum absolute atomic E-state index is 0.0295. The molecule has 0 aliphatic heterocycles. The van der Waals surface area contributed by atoms with E-state index in [4.69, 9.17) is 11.6 Å². The predicted octanol–water partition coefficient (Wildman–Crippen LogP) is 3.62. The quantitative estimate of drug-likeness (QED) is 0.740. The number of aromatic hydroxyl groups is 2. The van der Waals surface area contributed by atoms with Crippen molar-refractivity contribution in [2.75, 3.05) is 5.32 Å². The molecule has 2 aromatic carbocycles. The third kappa shape index (κ3) is 2.86. The summed E-state index contributed by atoms with van der Waals surface area (Å²) in [6.45, 7) is 3.52. The lowest BCUT2D eigenvalue weighted by Gasteiger charge is -2.11. The number of amides is 1. The zero-order valence-electron chi connectivity index (χ0n) is 11.1. The van der Waals surface area contributed by atoms with Crippen LogP contribution in [0.2, 0.25) is 5.02 Å². The van der Waals surface area contributed by atoms with Gasteiger partial charge in [0.05, 0.1) is 10.6 Å². The summed E-state index contributed by atoms with van der Waals surface area (Å²) in [5.41, 5.74) is 2.17. The highest BCUT2D eigenvalue weighted by Crippen LogP contribution is 2.27. The number of halogens is 1. The van der Waals surface area contributed by atoms with Crippen molar-refractivity contribution in [1.29, 1.82) is 0 Å². The molecule has 0 saturated carbocycles. The van der Waals surface area contributed by atoms with E-state index in [0.717, 1.165) is 5.56 Å². The van der Waals surface area contributed by atoms with Gasteiger partial charge in [-0.1, -0.05) is 11.6 Å². The second kappa shape index (κ2) is 5.43. The molecule has 0 aliphatic carbocycles. The van der Waals surface area contributed by atoms with Gasteiger partial charge in [-0.05, 0) is 55.3 Å². The summed E-state index contributed by atoms with van der Waals surface area (Å²) in [5, 5.41) is 22.0. The Morgan fingerprint density at radius 2 is 1.80 bits per heavy atom. The zero-order valence-corrected chi connectivity index (χ0v) is 11.8. The molecule has 3 N–H and O–H groups in total. The number of carbonyl (C=O) groups excluding carboxylic acids is 1. The van der Waals surface area contributed by atoms with Gasteiger partial charge in [-0.15, -0.1) is 0 Å². The van der Waals surface area contributed by atoms with Crippen LogP contribution >= 0.6 is 11.6 Å². The highest BCUT2D eigenvalue weighted by atomic mass is 35.5. The van der Waals surface area contributed by atoms with Gasteiger partial charge in [0.15, 0.2) is 0 Å². The molecule has 0 heterocycles. The summed E-state index contributed by atoms with van der Waals surface area (Å²) in [4.78, 5) is 12.2. The Kier molecular flexibility index (Phi) is 3.86. The van der Waals surface area contributed by atoms with Gasteiger partial charge in [0.25, 0.3) is 5.91 Å². The second-order valence-corrected chi connectivity index (χ2v) is 4.98. The molecular formula is C15H14ClNO3. The fourth-order valence-corrected chi connectivity index (χ4v) is 2.02. The standard InChI is InChI=1S/C15H14ClNO3/c1-8-6-14(19)9(2)5-13(8)17-15(20)11-7-10(18)3-4-12(11)16/h3-7,18-19H,1-2H3,(H,17,20). The molecule has 0 spiro atoms. The topological polar surface area (TPSA) is 69.6 Å². The van der Waals surface area contributed by atoms with Gasteiger partial charge in [0.2, 0.25) is 0 Å². The van der Waals surface area contributed by atoms with Gasteiger partial charge >= 0.3 is 0 Å². The maximum absolute atomic E-state index is 12.2. The van der Waals surface area contributed by atoms with Crippen molar-refractivity contribution in [3.05, 3.63) is 52.0 Å². The van der Waals surface area contributed by atoms with E-state index < -0.39 is 5.91 Å². The van der Waals surface area contributed by atoms with Crippen LogP contribution in [0.5, 0.6) is 11.5 Å². The molecule has 1 amide bonds. The molecule has 0 saturated heterocycles. The number of phenols is 2. The number of hydrogen-bond donors (Lipinski definition) is 3. The summed E-state index contributed by atoms with van der Waals surface area (Å²) in [5.74, 6) is -0.270. The average Bonchev–Trinajstić information content (AvgIpc) is 2.38.